The van der Waals surface area contributed by atoms with Gasteiger partial charge in [-0.2, -0.15) is 0 Å². The van der Waals surface area contributed by atoms with E-state index in [-0.39, 0.29) is 18.3 Å². The fraction of sp³-hybridized carbons (Fsp3) is 0.462. The summed E-state index contributed by atoms with van der Waals surface area (Å²) in [6, 6.07) is 6.06. The summed E-state index contributed by atoms with van der Waals surface area (Å²) in [5.74, 6) is -0.0184. The SMILES string of the molecule is CCc1cccc(CC)c1NC(N)=NCCS(N)(=O)=O. The maximum atomic E-state index is 10.8. The molecule has 0 heterocycles. The quantitative estimate of drug-likeness (QED) is 0.533. The molecule has 0 bridgehead atoms. The number of nitrogens with zero attached hydrogens (tertiary/aromatic N) is 1. The van der Waals surface area contributed by atoms with Crippen molar-refractivity contribution in [2.75, 3.05) is 17.6 Å². The molecule has 0 unspecified atom stereocenters. The van der Waals surface area contributed by atoms with Crippen LogP contribution in [0.5, 0.6) is 0 Å². The zero-order valence-electron chi connectivity index (χ0n) is 11.9. The second-order valence-electron chi connectivity index (χ2n) is 4.42. The molecule has 5 N–H and O–H groups in total. The van der Waals surface area contributed by atoms with Crippen LogP contribution in [0.4, 0.5) is 5.69 Å². The van der Waals surface area contributed by atoms with Crippen molar-refractivity contribution >= 4 is 21.7 Å². The van der Waals surface area contributed by atoms with Gasteiger partial charge in [-0.25, -0.2) is 13.6 Å². The number of nitrogens with two attached hydrogens (primary N) is 2. The van der Waals surface area contributed by atoms with Gasteiger partial charge in [0.15, 0.2) is 5.96 Å². The number of sulfonamides is 1. The number of primary sulfonamides is 1. The van der Waals surface area contributed by atoms with Crippen molar-refractivity contribution in [1.82, 2.24) is 0 Å². The molecule has 0 spiro atoms. The van der Waals surface area contributed by atoms with E-state index in [1.165, 1.54) is 0 Å². The van der Waals surface area contributed by atoms with Gasteiger partial charge in [0.2, 0.25) is 10.0 Å². The molecule has 1 aromatic carbocycles. The molecule has 6 nitrogen and oxygen atoms in total. The number of para-hydroxylation sites is 1. The van der Waals surface area contributed by atoms with Crippen molar-refractivity contribution in [2.45, 2.75) is 26.7 Å². The van der Waals surface area contributed by atoms with Gasteiger partial charge in [-0.15, -0.1) is 0 Å². The first kappa shape index (κ1) is 16.5. The summed E-state index contributed by atoms with van der Waals surface area (Å²) in [4.78, 5) is 3.98. The van der Waals surface area contributed by atoms with Crippen LogP contribution >= 0.6 is 0 Å². The minimum absolute atomic E-state index is 0.0490. The third-order valence-corrected chi connectivity index (χ3v) is 3.66. The number of hydrogen-bond acceptors (Lipinski definition) is 3. The summed E-state index contributed by atoms with van der Waals surface area (Å²) in [6.07, 6.45) is 1.75. The molecule has 1 rings (SSSR count). The lowest BCUT2D eigenvalue weighted by Gasteiger charge is -2.14. The van der Waals surface area contributed by atoms with Gasteiger partial charge in [0.05, 0.1) is 12.3 Å². The Kier molecular flexibility index (Phi) is 5.97. The first-order valence-corrected chi connectivity index (χ1v) is 8.27. The van der Waals surface area contributed by atoms with E-state index in [9.17, 15) is 8.42 Å². The van der Waals surface area contributed by atoms with E-state index in [4.69, 9.17) is 10.9 Å². The maximum absolute atomic E-state index is 10.8. The van der Waals surface area contributed by atoms with Crippen LogP contribution in [0.1, 0.15) is 25.0 Å². The van der Waals surface area contributed by atoms with Gasteiger partial charge in [0, 0.05) is 5.69 Å². The lowest BCUT2D eigenvalue weighted by Crippen LogP contribution is -2.26. The van der Waals surface area contributed by atoms with E-state index in [1.807, 2.05) is 18.2 Å². The van der Waals surface area contributed by atoms with Crippen molar-refractivity contribution in [1.29, 1.82) is 0 Å². The number of aryl methyl sites for hydroxylation is 2. The largest absolute Gasteiger partial charge is 0.370 e. The fourth-order valence-electron chi connectivity index (χ4n) is 1.86. The van der Waals surface area contributed by atoms with Crippen molar-refractivity contribution in [3.8, 4) is 0 Å². The van der Waals surface area contributed by atoms with E-state index < -0.39 is 10.0 Å². The minimum atomic E-state index is -3.51. The summed E-state index contributed by atoms with van der Waals surface area (Å²) in [5, 5.41) is 7.97. The number of benzene rings is 1. The van der Waals surface area contributed by atoms with Gasteiger partial charge in [0.25, 0.3) is 0 Å². The summed E-state index contributed by atoms with van der Waals surface area (Å²) in [6.45, 7) is 4.18. The molecular weight excluding hydrogens is 276 g/mol. The van der Waals surface area contributed by atoms with E-state index in [0.29, 0.717) is 0 Å². The molecule has 112 valence electrons. The normalized spacial score (nSPS) is 12.4. The average Bonchev–Trinajstić information content (AvgIpc) is 2.37. The first-order chi connectivity index (χ1) is 9.37. The molecule has 1 aromatic rings. The van der Waals surface area contributed by atoms with Crippen molar-refractivity contribution < 1.29 is 8.42 Å². The second-order valence-corrected chi connectivity index (χ2v) is 6.15. The number of aliphatic imine (C=N–C) groups is 1. The molecule has 0 aromatic heterocycles. The molecule has 0 amide bonds. The van der Waals surface area contributed by atoms with E-state index in [1.54, 1.807) is 0 Å². The summed E-state index contributed by atoms with van der Waals surface area (Å²) in [7, 11) is -3.51. The molecule has 0 saturated heterocycles. The Morgan fingerprint density at radius 1 is 1.25 bits per heavy atom. The molecule has 0 saturated carbocycles. The monoisotopic (exact) mass is 298 g/mol. The summed E-state index contributed by atoms with van der Waals surface area (Å²) >= 11 is 0. The number of hydrogen-bond donors (Lipinski definition) is 3. The third kappa shape index (κ3) is 5.18. The van der Waals surface area contributed by atoms with Gasteiger partial charge in [-0.1, -0.05) is 32.0 Å². The Labute approximate surface area is 120 Å². The van der Waals surface area contributed by atoms with Crippen LogP contribution in [0.2, 0.25) is 0 Å². The first-order valence-electron chi connectivity index (χ1n) is 6.55. The number of nitrogens with one attached hydrogen (secondary N) is 1. The van der Waals surface area contributed by atoms with Gasteiger partial charge in [0.1, 0.15) is 0 Å². The van der Waals surface area contributed by atoms with Crippen molar-refractivity contribution in [3.63, 3.8) is 0 Å². The molecule has 0 fully saturated rings. The molecule has 0 aliphatic heterocycles. The van der Waals surface area contributed by atoms with Gasteiger partial charge < -0.3 is 11.1 Å². The van der Waals surface area contributed by atoms with Gasteiger partial charge in [-0.05, 0) is 24.0 Å². The van der Waals surface area contributed by atoms with Gasteiger partial charge in [-0.3, -0.25) is 4.99 Å². The van der Waals surface area contributed by atoms with Crippen LogP contribution in [-0.2, 0) is 22.9 Å². The Balaban J connectivity index is 2.84. The molecule has 0 aliphatic rings. The molecule has 20 heavy (non-hydrogen) atoms. The van der Waals surface area contributed by atoms with Crippen LogP contribution in [0.25, 0.3) is 0 Å². The molecule has 0 aliphatic carbocycles. The summed E-state index contributed by atoms with van der Waals surface area (Å²) < 4.78 is 21.6. The van der Waals surface area contributed by atoms with Crippen molar-refractivity contribution in [2.24, 2.45) is 15.9 Å². The van der Waals surface area contributed by atoms with E-state index >= 15 is 0 Å². The Morgan fingerprint density at radius 3 is 2.25 bits per heavy atom. The molecular formula is C13H22N4O2S. The van der Waals surface area contributed by atoms with Crippen LogP contribution in [0.3, 0.4) is 0 Å². The number of anilines is 1. The molecule has 0 radical (unpaired) electrons. The van der Waals surface area contributed by atoms with Crippen LogP contribution in [0, 0.1) is 0 Å². The predicted molar refractivity (Wildman–Crippen MR) is 83.3 cm³/mol. The van der Waals surface area contributed by atoms with Crippen LogP contribution in [-0.4, -0.2) is 26.7 Å². The zero-order chi connectivity index (χ0) is 15.2. The van der Waals surface area contributed by atoms with Gasteiger partial charge >= 0.3 is 0 Å². The Hall–Kier alpha value is -1.60. The van der Waals surface area contributed by atoms with E-state index in [2.05, 4.69) is 24.2 Å². The van der Waals surface area contributed by atoms with Crippen molar-refractivity contribution in [3.05, 3.63) is 29.3 Å². The predicted octanol–water partition coefficient (Wildman–Crippen LogP) is 0.827. The second kappa shape index (κ2) is 7.25. The topological polar surface area (TPSA) is 111 Å². The lowest BCUT2D eigenvalue weighted by atomic mass is 10.0. The summed E-state index contributed by atoms with van der Waals surface area (Å²) in [5.41, 5.74) is 9.03. The Bertz CT molecular complexity index is 560. The highest BCUT2D eigenvalue weighted by Gasteiger charge is 2.07. The lowest BCUT2D eigenvalue weighted by molar-refractivity contribution is 0.597. The molecule has 0 atom stereocenters. The molecule has 7 heteroatoms. The zero-order valence-corrected chi connectivity index (χ0v) is 12.7. The maximum Gasteiger partial charge on any atom is 0.210 e. The van der Waals surface area contributed by atoms with E-state index in [0.717, 1.165) is 29.7 Å². The number of rotatable bonds is 6. The number of guanidine groups is 1. The fourth-order valence-corrected chi connectivity index (χ4v) is 2.21. The standard InChI is InChI=1S/C13H22N4O2S/c1-3-10-6-5-7-11(4-2)12(10)17-13(14)16-8-9-20(15,18)19/h5-7H,3-4,8-9H2,1-2H3,(H3,14,16,17)(H2,15,18,19). The minimum Gasteiger partial charge on any atom is -0.370 e. The highest BCUT2D eigenvalue weighted by atomic mass is 32.2. The van der Waals surface area contributed by atoms with Crippen LogP contribution in [0.15, 0.2) is 23.2 Å². The van der Waals surface area contributed by atoms with Crippen LogP contribution < -0.4 is 16.2 Å². The smallest absolute Gasteiger partial charge is 0.210 e. The Morgan fingerprint density at radius 2 is 1.80 bits per heavy atom. The highest BCUT2D eigenvalue weighted by molar-refractivity contribution is 7.89. The highest BCUT2D eigenvalue weighted by Crippen LogP contribution is 2.22. The third-order valence-electron chi connectivity index (χ3n) is 2.91. The average molecular weight is 298 g/mol.